The van der Waals surface area contributed by atoms with Crippen LogP contribution in [-0.4, -0.2) is 23.3 Å². The van der Waals surface area contributed by atoms with E-state index in [1.54, 1.807) is 0 Å². The lowest BCUT2D eigenvalue weighted by atomic mass is 10.1. The van der Waals surface area contributed by atoms with Crippen molar-refractivity contribution in [1.29, 1.82) is 0 Å². The van der Waals surface area contributed by atoms with Gasteiger partial charge in [-0.25, -0.2) is 0 Å². The van der Waals surface area contributed by atoms with Gasteiger partial charge in [-0.2, -0.15) is 0 Å². The highest BCUT2D eigenvalue weighted by atomic mass is 15.2. The van der Waals surface area contributed by atoms with Crippen molar-refractivity contribution in [1.82, 2.24) is 4.90 Å². The first-order valence-corrected chi connectivity index (χ1v) is 4.71. The average molecular weight is 164 g/mol. The molecule has 0 bridgehead atoms. The van der Waals surface area contributed by atoms with Gasteiger partial charge in [0, 0.05) is 12.2 Å². The molecule has 0 aromatic rings. The van der Waals surface area contributed by atoms with Crippen LogP contribution in [0.2, 0.25) is 0 Å². The number of amidine groups is 1. The smallest absolute Gasteiger partial charge is 0.101 e. The number of aliphatic imine (C=N–C) groups is 1. The number of fused-ring (bicyclic) bond motifs is 1. The zero-order valence-corrected chi connectivity index (χ0v) is 8.09. The molecule has 0 amide bonds. The molecule has 0 radical (unpaired) electrons. The molecule has 0 aromatic heterocycles. The first-order valence-electron chi connectivity index (χ1n) is 4.71. The van der Waals surface area contributed by atoms with E-state index in [0.717, 1.165) is 0 Å². The van der Waals surface area contributed by atoms with Crippen LogP contribution in [0.3, 0.4) is 0 Å². The van der Waals surface area contributed by atoms with Crippen molar-refractivity contribution in [2.45, 2.75) is 39.7 Å². The van der Waals surface area contributed by atoms with E-state index in [9.17, 15) is 0 Å². The summed E-state index contributed by atoms with van der Waals surface area (Å²) < 4.78 is 0. The van der Waals surface area contributed by atoms with Gasteiger partial charge in [-0.05, 0) is 39.2 Å². The predicted molar refractivity (Wildman–Crippen MR) is 51.2 cm³/mol. The Morgan fingerprint density at radius 3 is 2.92 bits per heavy atom. The minimum Gasteiger partial charge on any atom is -0.334 e. The summed E-state index contributed by atoms with van der Waals surface area (Å²) in [6.07, 6.45) is 2.55. The molecule has 0 saturated carbocycles. The van der Waals surface area contributed by atoms with Gasteiger partial charge in [0.25, 0.3) is 0 Å². The van der Waals surface area contributed by atoms with E-state index < -0.39 is 0 Å². The SMILES string of the molecule is CC1=N[C@H](C)C(C)=C2CCCN12. The molecule has 0 unspecified atom stereocenters. The number of hydrogen-bond donors (Lipinski definition) is 0. The molecule has 2 heteroatoms. The highest BCUT2D eigenvalue weighted by Gasteiger charge is 2.26. The Kier molecular flexibility index (Phi) is 1.71. The third-order valence-corrected chi connectivity index (χ3v) is 2.97. The molecule has 2 aliphatic heterocycles. The Morgan fingerprint density at radius 1 is 1.42 bits per heavy atom. The molecule has 1 saturated heterocycles. The number of allylic oxidation sites excluding steroid dienone is 1. The van der Waals surface area contributed by atoms with E-state index in [0.29, 0.717) is 6.04 Å². The van der Waals surface area contributed by atoms with Crippen molar-refractivity contribution in [2.75, 3.05) is 6.54 Å². The minimum absolute atomic E-state index is 0.411. The van der Waals surface area contributed by atoms with E-state index >= 15 is 0 Å². The van der Waals surface area contributed by atoms with Gasteiger partial charge in [0.1, 0.15) is 5.84 Å². The fraction of sp³-hybridized carbons (Fsp3) is 0.700. The summed E-state index contributed by atoms with van der Waals surface area (Å²) in [7, 11) is 0. The monoisotopic (exact) mass is 164 g/mol. The van der Waals surface area contributed by atoms with Crippen molar-refractivity contribution in [3.63, 3.8) is 0 Å². The van der Waals surface area contributed by atoms with Gasteiger partial charge in [-0.3, -0.25) is 4.99 Å². The maximum absolute atomic E-state index is 4.59. The molecule has 66 valence electrons. The summed E-state index contributed by atoms with van der Waals surface area (Å²) in [5.41, 5.74) is 3.01. The average Bonchev–Trinajstić information content (AvgIpc) is 2.48. The van der Waals surface area contributed by atoms with Crippen LogP contribution in [0.4, 0.5) is 0 Å². The molecule has 2 aliphatic rings. The van der Waals surface area contributed by atoms with Gasteiger partial charge < -0.3 is 4.90 Å². The summed E-state index contributed by atoms with van der Waals surface area (Å²) >= 11 is 0. The second-order valence-electron chi connectivity index (χ2n) is 3.74. The summed E-state index contributed by atoms with van der Waals surface area (Å²) in [6, 6.07) is 0.411. The summed E-state index contributed by atoms with van der Waals surface area (Å²) in [5.74, 6) is 1.21. The van der Waals surface area contributed by atoms with E-state index in [1.165, 1.54) is 36.5 Å². The van der Waals surface area contributed by atoms with Gasteiger partial charge in [0.15, 0.2) is 0 Å². The maximum atomic E-state index is 4.59. The number of rotatable bonds is 0. The largest absolute Gasteiger partial charge is 0.334 e. The highest BCUT2D eigenvalue weighted by Crippen LogP contribution is 2.30. The fourth-order valence-corrected chi connectivity index (χ4v) is 2.13. The molecular weight excluding hydrogens is 148 g/mol. The lowest BCUT2D eigenvalue weighted by Gasteiger charge is -2.28. The Morgan fingerprint density at radius 2 is 2.17 bits per heavy atom. The van der Waals surface area contributed by atoms with E-state index in [4.69, 9.17) is 0 Å². The molecule has 1 atom stereocenters. The second kappa shape index (κ2) is 2.61. The van der Waals surface area contributed by atoms with Crippen LogP contribution in [0.1, 0.15) is 33.6 Å². The molecule has 2 nitrogen and oxygen atoms in total. The standard InChI is InChI=1S/C10H16N2/c1-7-8(2)11-9(3)12-6-4-5-10(7)12/h8H,4-6H2,1-3H3/t8-/m1/s1. The molecule has 2 rings (SSSR count). The van der Waals surface area contributed by atoms with E-state index in [2.05, 4.69) is 30.7 Å². The van der Waals surface area contributed by atoms with Crippen molar-refractivity contribution in [3.05, 3.63) is 11.3 Å². The number of hydrogen-bond acceptors (Lipinski definition) is 2. The Hall–Kier alpha value is -0.790. The predicted octanol–water partition coefficient (Wildman–Crippen LogP) is 2.18. The Balaban J connectivity index is 2.38. The third-order valence-electron chi connectivity index (χ3n) is 2.97. The molecule has 0 N–H and O–H groups in total. The van der Waals surface area contributed by atoms with Crippen LogP contribution in [0, 0.1) is 0 Å². The zero-order chi connectivity index (χ0) is 8.72. The summed E-state index contributed by atoms with van der Waals surface area (Å²) in [5, 5.41) is 0. The van der Waals surface area contributed by atoms with Crippen molar-refractivity contribution >= 4 is 5.84 Å². The van der Waals surface area contributed by atoms with E-state index in [-0.39, 0.29) is 0 Å². The van der Waals surface area contributed by atoms with Crippen molar-refractivity contribution < 1.29 is 0 Å². The van der Waals surface area contributed by atoms with Gasteiger partial charge in [0.05, 0.1) is 6.04 Å². The van der Waals surface area contributed by atoms with Crippen LogP contribution in [0.5, 0.6) is 0 Å². The fourth-order valence-electron chi connectivity index (χ4n) is 2.13. The topological polar surface area (TPSA) is 15.6 Å². The van der Waals surface area contributed by atoms with Gasteiger partial charge in [-0.1, -0.05) is 0 Å². The van der Waals surface area contributed by atoms with E-state index in [1.807, 2.05) is 0 Å². The first kappa shape index (κ1) is 7.84. The summed E-state index contributed by atoms with van der Waals surface area (Å²) in [6.45, 7) is 7.69. The first-order chi connectivity index (χ1) is 5.70. The summed E-state index contributed by atoms with van der Waals surface area (Å²) in [4.78, 5) is 6.96. The quantitative estimate of drug-likeness (QED) is 0.535. The third kappa shape index (κ3) is 0.977. The lowest BCUT2D eigenvalue weighted by Crippen LogP contribution is -2.30. The lowest BCUT2D eigenvalue weighted by molar-refractivity contribution is 0.546. The normalized spacial score (nSPS) is 29.1. The molecular formula is C10H16N2. The molecule has 2 heterocycles. The van der Waals surface area contributed by atoms with Gasteiger partial charge >= 0.3 is 0 Å². The highest BCUT2D eigenvalue weighted by molar-refractivity contribution is 5.83. The van der Waals surface area contributed by atoms with Crippen LogP contribution in [0.25, 0.3) is 0 Å². The number of nitrogens with zero attached hydrogens (tertiary/aromatic N) is 2. The van der Waals surface area contributed by atoms with Gasteiger partial charge in [-0.15, -0.1) is 0 Å². The molecule has 0 spiro atoms. The molecule has 1 fully saturated rings. The van der Waals surface area contributed by atoms with Crippen molar-refractivity contribution in [2.24, 2.45) is 4.99 Å². The Bertz CT molecular complexity index is 263. The molecule has 12 heavy (non-hydrogen) atoms. The van der Waals surface area contributed by atoms with Crippen LogP contribution in [-0.2, 0) is 0 Å². The molecule has 0 aromatic carbocycles. The van der Waals surface area contributed by atoms with Crippen molar-refractivity contribution in [3.8, 4) is 0 Å². The Labute approximate surface area is 74.0 Å². The second-order valence-corrected chi connectivity index (χ2v) is 3.74. The zero-order valence-electron chi connectivity index (χ0n) is 8.09. The maximum Gasteiger partial charge on any atom is 0.101 e. The molecule has 0 aliphatic carbocycles. The van der Waals surface area contributed by atoms with Gasteiger partial charge in [0.2, 0.25) is 0 Å². The van der Waals surface area contributed by atoms with Crippen LogP contribution in [0.15, 0.2) is 16.3 Å². The van der Waals surface area contributed by atoms with Crippen LogP contribution < -0.4 is 0 Å². The van der Waals surface area contributed by atoms with Crippen LogP contribution >= 0.6 is 0 Å². The minimum atomic E-state index is 0.411.